The summed E-state index contributed by atoms with van der Waals surface area (Å²) in [5, 5.41) is 9.54. The number of phenols is 1. The van der Waals surface area contributed by atoms with Gasteiger partial charge in [0.2, 0.25) is 0 Å². The molecule has 0 amide bonds. The molecule has 1 aromatic carbocycles. The number of phenolic OH excluding ortho intramolecular Hbond substituents is 1. The molecule has 3 rings (SSSR count). The van der Waals surface area contributed by atoms with E-state index in [-0.39, 0.29) is 23.2 Å². The lowest BCUT2D eigenvalue weighted by Gasteiger charge is -2.13. The van der Waals surface area contributed by atoms with Gasteiger partial charge in [-0.2, -0.15) is 0 Å². The van der Waals surface area contributed by atoms with Crippen LogP contribution in [0.1, 0.15) is 25.7 Å². The molecular formula is C14H14O4. The van der Waals surface area contributed by atoms with Crippen LogP contribution in [0.2, 0.25) is 0 Å². The zero-order chi connectivity index (χ0) is 12.8. The van der Waals surface area contributed by atoms with Gasteiger partial charge in [0.15, 0.2) is 17.3 Å². The van der Waals surface area contributed by atoms with E-state index in [0.29, 0.717) is 12.8 Å². The number of esters is 1. The maximum absolute atomic E-state index is 12.1. The quantitative estimate of drug-likeness (QED) is 0.501. The first-order valence-electron chi connectivity index (χ1n) is 6.18. The highest BCUT2D eigenvalue weighted by molar-refractivity contribution is 6.09. The molecular weight excluding hydrogens is 232 g/mol. The van der Waals surface area contributed by atoms with Crippen molar-refractivity contribution in [3.05, 3.63) is 24.3 Å². The van der Waals surface area contributed by atoms with Gasteiger partial charge in [-0.25, -0.2) is 0 Å². The Bertz CT molecular complexity index is 512. The molecule has 0 aliphatic heterocycles. The van der Waals surface area contributed by atoms with Gasteiger partial charge in [0.05, 0.1) is 0 Å². The van der Waals surface area contributed by atoms with Gasteiger partial charge >= 0.3 is 5.97 Å². The lowest BCUT2D eigenvalue weighted by molar-refractivity contribution is -0.146. The maximum Gasteiger partial charge on any atom is 0.325 e. The maximum atomic E-state index is 12.1. The van der Waals surface area contributed by atoms with Crippen LogP contribution < -0.4 is 4.74 Å². The van der Waals surface area contributed by atoms with E-state index in [0.717, 1.165) is 12.8 Å². The van der Waals surface area contributed by atoms with E-state index in [4.69, 9.17) is 4.74 Å². The number of ketones is 1. The predicted octanol–water partition coefficient (Wildman–Crippen LogP) is 2.06. The zero-order valence-corrected chi connectivity index (χ0v) is 9.89. The Morgan fingerprint density at radius 3 is 2.44 bits per heavy atom. The Kier molecular flexibility index (Phi) is 2.40. The molecule has 2 aliphatic rings. The van der Waals surface area contributed by atoms with Crippen molar-refractivity contribution in [3.63, 3.8) is 0 Å². The van der Waals surface area contributed by atoms with Crippen LogP contribution in [-0.4, -0.2) is 16.9 Å². The normalized spacial score (nSPS) is 20.2. The van der Waals surface area contributed by atoms with E-state index in [2.05, 4.69) is 0 Å². The fourth-order valence-electron chi connectivity index (χ4n) is 2.15. The van der Waals surface area contributed by atoms with E-state index >= 15 is 0 Å². The molecule has 4 heteroatoms. The average Bonchev–Trinajstić information content (AvgIpc) is 3.25. The first-order valence-corrected chi connectivity index (χ1v) is 6.18. The fourth-order valence-corrected chi connectivity index (χ4v) is 2.15. The third kappa shape index (κ3) is 1.78. The third-order valence-electron chi connectivity index (χ3n) is 3.63. The van der Waals surface area contributed by atoms with Crippen molar-refractivity contribution in [1.82, 2.24) is 0 Å². The molecule has 1 N–H and O–H groups in total. The van der Waals surface area contributed by atoms with Crippen LogP contribution in [-0.2, 0) is 9.59 Å². The molecule has 18 heavy (non-hydrogen) atoms. The van der Waals surface area contributed by atoms with Gasteiger partial charge in [-0.05, 0) is 37.8 Å². The number of Topliss-reactive ketones (excluding diaryl/α,β-unsaturated/α-hetero) is 1. The summed E-state index contributed by atoms with van der Waals surface area (Å²) in [5.74, 6) is -0.383. The van der Waals surface area contributed by atoms with Crippen molar-refractivity contribution in [2.24, 2.45) is 11.3 Å². The number of hydrogen-bond acceptors (Lipinski definition) is 4. The summed E-state index contributed by atoms with van der Waals surface area (Å²) in [6.07, 6.45) is 2.94. The SMILES string of the molecule is O=C(Oc1ccccc1O)C1(C(=O)C2CC2)CC1. The van der Waals surface area contributed by atoms with Gasteiger partial charge in [0.1, 0.15) is 5.41 Å². The number of rotatable bonds is 4. The van der Waals surface area contributed by atoms with Crippen LogP contribution in [0.5, 0.6) is 11.5 Å². The van der Waals surface area contributed by atoms with E-state index in [1.54, 1.807) is 12.1 Å². The average molecular weight is 246 g/mol. The largest absolute Gasteiger partial charge is 0.504 e. The van der Waals surface area contributed by atoms with Crippen molar-refractivity contribution in [2.45, 2.75) is 25.7 Å². The number of carbonyl (C=O) groups excluding carboxylic acids is 2. The second-order valence-corrected chi connectivity index (χ2v) is 5.08. The van der Waals surface area contributed by atoms with E-state index in [1.807, 2.05) is 0 Å². The van der Waals surface area contributed by atoms with Gasteiger partial charge < -0.3 is 9.84 Å². The Morgan fingerprint density at radius 2 is 1.89 bits per heavy atom. The number of para-hydroxylation sites is 2. The number of hydrogen-bond donors (Lipinski definition) is 1. The molecule has 0 unspecified atom stereocenters. The van der Waals surface area contributed by atoms with Gasteiger partial charge in [-0.3, -0.25) is 9.59 Å². The summed E-state index contributed by atoms with van der Waals surface area (Å²) in [6.45, 7) is 0. The van der Waals surface area contributed by atoms with E-state index in [1.165, 1.54) is 12.1 Å². The van der Waals surface area contributed by atoms with Crippen LogP contribution in [0.15, 0.2) is 24.3 Å². The van der Waals surface area contributed by atoms with Crippen LogP contribution in [0.25, 0.3) is 0 Å². The summed E-state index contributed by atoms with van der Waals surface area (Å²) in [5.41, 5.74) is -0.913. The summed E-state index contributed by atoms with van der Waals surface area (Å²) < 4.78 is 5.16. The fraction of sp³-hybridized carbons (Fsp3) is 0.429. The van der Waals surface area contributed by atoms with E-state index in [9.17, 15) is 14.7 Å². The summed E-state index contributed by atoms with van der Waals surface area (Å²) in [7, 11) is 0. The van der Waals surface area contributed by atoms with Gasteiger partial charge in [0.25, 0.3) is 0 Å². The molecule has 4 nitrogen and oxygen atoms in total. The van der Waals surface area contributed by atoms with Crippen molar-refractivity contribution >= 4 is 11.8 Å². The second-order valence-electron chi connectivity index (χ2n) is 5.08. The van der Waals surface area contributed by atoms with E-state index < -0.39 is 11.4 Å². The molecule has 0 radical (unpaired) electrons. The minimum absolute atomic E-state index is 0.0305. The van der Waals surface area contributed by atoms with Crippen molar-refractivity contribution in [2.75, 3.05) is 0 Å². The lowest BCUT2D eigenvalue weighted by Crippen LogP contribution is -2.31. The first-order chi connectivity index (χ1) is 8.63. The molecule has 2 aliphatic carbocycles. The van der Waals surface area contributed by atoms with Crippen molar-refractivity contribution in [1.29, 1.82) is 0 Å². The highest BCUT2D eigenvalue weighted by atomic mass is 16.5. The second kappa shape index (κ2) is 3.83. The lowest BCUT2D eigenvalue weighted by atomic mass is 9.97. The Morgan fingerprint density at radius 1 is 1.22 bits per heavy atom. The molecule has 0 bridgehead atoms. The number of benzene rings is 1. The molecule has 94 valence electrons. The molecule has 0 spiro atoms. The molecule has 2 fully saturated rings. The first kappa shape index (κ1) is 11.3. The molecule has 0 heterocycles. The minimum Gasteiger partial charge on any atom is -0.504 e. The van der Waals surface area contributed by atoms with Crippen LogP contribution in [0.4, 0.5) is 0 Å². The molecule has 2 saturated carbocycles. The Labute approximate surface area is 105 Å². The van der Waals surface area contributed by atoms with Crippen LogP contribution in [0.3, 0.4) is 0 Å². The smallest absolute Gasteiger partial charge is 0.325 e. The molecule has 0 saturated heterocycles. The highest BCUT2D eigenvalue weighted by Gasteiger charge is 2.60. The van der Waals surface area contributed by atoms with Crippen molar-refractivity contribution < 1.29 is 19.4 Å². The standard InChI is InChI=1S/C14H14O4/c15-10-3-1-2-4-11(10)18-13(17)14(7-8-14)12(16)9-5-6-9/h1-4,9,15H,5-8H2. The summed E-state index contributed by atoms with van der Waals surface area (Å²) in [4.78, 5) is 24.1. The predicted molar refractivity (Wildman–Crippen MR) is 63.1 cm³/mol. The van der Waals surface area contributed by atoms with Gasteiger partial charge in [0, 0.05) is 5.92 Å². The Balaban J connectivity index is 1.75. The molecule has 0 atom stereocenters. The number of ether oxygens (including phenoxy) is 1. The third-order valence-corrected chi connectivity index (χ3v) is 3.63. The van der Waals surface area contributed by atoms with Gasteiger partial charge in [-0.1, -0.05) is 12.1 Å². The molecule has 1 aromatic rings. The topological polar surface area (TPSA) is 63.6 Å². The monoisotopic (exact) mass is 246 g/mol. The summed E-state index contributed by atoms with van der Waals surface area (Å²) >= 11 is 0. The zero-order valence-electron chi connectivity index (χ0n) is 9.89. The van der Waals surface area contributed by atoms with Gasteiger partial charge in [-0.15, -0.1) is 0 Å². The molecule has 0 aromatic heterocycles. The number of carbonyl (C=O) groups is 2. The Hall–Kier alpha value is -1.84. The highest BCUT2D eigenvalue weighted by Crippen LogP contribution is 2.53. The van der Waals surface area contributed by atoms with Crippen LogP contribution >= 0.6 is 0 Å². The summed E-state index contributed by atoms with van der Waals surface area (Å²) in [6, 6.07) is 6.29. The van der Waals surface area contributed by atoms with Crippen LogP contribution in [0, 0.1) is 11.3 Å². The van der Waals surface area contributed by atoms with Crippen molar-refractivity contribution in [3.8, 4) is 11.5 Å². The minimum atomic E-state index is -0.913. The number of aromatic hydroxyl groups is 1.